The number of carbonyl (C=O) groups excluding carboxylic acids is 3. The van der Waals surface area contributed by atoms with Crippen LogP contribution in [0.2, 0.25) is 5.02 Å². The lowest BCUT2D eigenvalue weighted by Gasteiger charge is -2.32. The molecule has 1 fully saturated rings. The summed E-state index contributed by atoms with van der Waals surface area (Å²) in [6.07, 6.45) is 3.40. The van der Waals surface area contributed by atoms with Gasteiger partial charge in [0.05, 0.1) is 38.1 Å². The average Bonchev–Trinajstić information content (AvgIpc) is 3.22. The number of anilines is 2. The highest BCUT2D eigenvalue weighted by molar-refractivity contribution is 7.17. The zero-order chi connectivity index (χ0) is 26.5. The highest BCUT2D eigenvalue weighted by Gasteiger charge is 2.32. The summed E-state index contributed by atoms with van der Waals surface area (Å²) in [6.45, 7) is 6.08. The van der Waals surface area contributed by atoms with Crippen LogP contribution in [0.5, 0.6) is 5.75 Å². The minimum Gasteiger partial charge on any atom is -0.495 e. The second kappa shape index (κ2) is 12.1. The third-order valence-electron chi connectivity index (χ3n) is 6.76. The Kier molecular flexibility index (Phi) is 8.94. The number of methoxy groups -OCH3 is 1. The van der Waals surface area contributed by atoms with Crippen molar-refractivity contribution in [2.75, 3.05) is 44.0 Å². The van der Waals surface area contributed by atoms with Crippen LogP contribution in [0.1, 0.15) is 53.9 Å². The number of hydrogen-bond acceptors (Lipinski definition) is 7. The predicted molar refractivity (Wildman–Crippen MR) is 145 cm³/mol. The molecule has 37 heavy (non-hydrogen) atoms. The lowest BCUT2D eigenvalue weighted by atomic mass is 10.0. The lowest BCUT2D eigenvalue weighted by Crippen LogP contribution is -2.42. The summed E-state index contributed by atoms with van der Waals surface area (Å²) in [5.41, 5.74) is 1.67. The van der Waals surface area contributed by atoms with Gasteiger partial charge in [-0.1, -0.05) is 18.0 Å². The van der Waals surface area contributed by atoms with Gasteiger partial charge in [0.25, 0.3) is 5.91 Å². The van der Waals surface area contributed by atoms with Crippen molar-refractivity contribution < 1.29 is 23.9 Å². The molecule has 1 aromatic heterocycles. The van der Waals surface area contributed by atoms with Crippen molar-refractivity contribution in [3.63, 3.8) is 0 Å². The Bertz CT molecular complexity index is 1170. The third kappa shape index (κ3) is 6.37. The van der Waals surface area contributed by atoms with Gasteiger partial charge < -0.3 is 25.0 Å². The van der Waals surface area contributed by atoms with E-state index < -0.39 is 0 Å². The number of nitrogens with one attached hydrogen (secondary N) is 2. The molecule has 11 heteroatoms. The standard InChI is InChI=1S/C26H33ClN4O5S/c1-4-36-26(34)31-12-10-18-21(14-31)37-25(29-22(32)15-30-11-6-5-7-16(30)2)23(18)24(33)28-19-13-17(27)8-9-20(19)35-3/h8-9,13,16H,4-7,10-12,14-15H2,1-3H3,(H,28,33)(H,29,32)/t16-/m1/s1. The van der Waals surface area contributed by atoms with Crippen LogP contribution in [0.4, 0.5) is 15.5 Å². The second-order valence-corrected chi connectivity index (χ2v) is 10.8. The minimum absolute atomic E-state index is 0.163. The van der Waals surface area contributed by atoms with Crippen molar-refractivity contribution >= 4 is 51.5 Å². The van der Waals surface area contributed by atoms with Crippen LogP contribution in [0.25, 0.3) is 0 Å². The molecule has 2 aromatic rings. The quantitative estimate of drug-likeness (QED) is 0.505. The number of halogens is 1. The summed E-state index contributed by atoms with van der Waals surface area (Å²) in [6, 6.07) is 5.32. The van der Waals surface area contributed by atoms with Gasteiger partial charge in [-0.15, -0.1) is 11.3 Å². The number of nitrogens with zero attached hydrogens (tertiary/aromatic N) is 2. The Labute approximate surface area is 226 Å². The fraction of sp³-hybridized carbons (Fsp3) is 0.500. The van der Waals surface area contributed by atoms with Crippen molar-refractivity contribution in [3.05, 3.63) is 39.2 Å². The fourth-order valence-electron chi connectivity index (χ4n) is 4.81. The molecule has 4 rings (SSSR count). The zero-order valence-corrected chi connectivity index (χ0v) is 23.0. The SMILES string of the molecule is CCOC(=O)N1CCc2c(sc(NC(=O)CN3CCCC[C@H]3C)c2C(=O)Nc2cc(Cl)ccc2OC)C1. The number of amides is 3. The van der Waals surface area contributed by atoms with Crippen molar-refractivity contribution in [1.29, 1.82) is 0 Å². The molecular formula is C26H33ClN4O5S. The van der Waals surface area contributed by atoms with E-state index in [1.165, 1.54) is 24.9 Å². The number of fused-ring (bicyclic) bond motifs is 1. The first-order chi connectivity index (χ1) is 17.8. The van der Waals surface area contributed by atoms with Crippen LogP contribution >= 0.6 is 22.9 Å². The molecule has 0 radical (unpaired) electrons. The number of thiophene rings is 1. The first-order valence-electron chi connectivity index (χ1n) is 12.6. The molecule has 0 bridgehead atoms. The van der Waals surface area contributed by atoms with Gasteiger partial charge >= 0.3 is 6.09 Å². The minimum atomic E-state index is -0.388. The van der Waals surface area contributed by atoms with Crippen LogP contribution in [-0.4, -0.2) is 67.1 Å². The molecule has 2 aliphatic heterocycles. The van der Waals surface area contributed by atoms with Crippen LogP contribution in [0, 0.1) is 0 Å². The Balaban J connectivity index is 1.61. The number of carbonyl (C=O) groups is 3. The normalized spacial score (nSPS) is 17.6. The Morgan fingerprint density at radius 2 is 2.00 bits per heavy atom. The van der Waals surface area contributed by atoms with Crippen molar-refractivity contribution in [2.24, 2.45) is 0 Å². The van der Waals surface area contributed by atoms with Gasteiger partial charge in [0.1, 0.15) is 10.8 Å². The number of piperidine rings is 1. The molecule has 2 N–H and O–H groups in total. The van der Waals surface area contributed by atoms with Crippen molar-refractivity contribution in [2.45, 2.75) is 52.1 Å². The Morgan fingerprint density at radius 1 is 1.19 bits per heavy atom. The van der Waals surface area contributed by atoms with Gasteiger partial charge in [0.15, 0.2) is 0 Å². The second-order valence-electron chi connectivity index (χ2n) is 9.24. The Hall–Kier alpha value is -2.82. The lowest BCUT2D eigenvalue weighted by molar-refractivity contribution is -0.118. The highest BCUT2D eigenvalue weighted by Crippen LogP contribution is 2.38. The van der Waals surface area contributed by atoms with E-state index in [0.29, 0.717) is 52.6 Å². The monoisotopic (exact) mass is 548 g/mol. The maximum atomic E-state index is 13.6. The summed E-state index contributed by atoms with van der Waals surface area (Å²) in [4.78, 5) is 43.7. The van der Waals surface area contributed by atoms with E-state index >= 15 is 0 Å². The van der Waals surface area contributed by atoms with Gasteiger partial charge in [-0.25, -0.2) is 4.79 Å². The molecule has 0 saturated carbocycles. The number of hydrogen-bond donors (Lipinski definition) is 2. The largest absolute Gasteiger partial charge is 0.495 e. The fourth-order valence-corrected chi connectivity index (χ4v) is 6.26. The van der Waals surface area contributed by atoms with E-state index in [0.717, 1.165) is 29.8 Å². The third-order valence-corrected chi connectivity index (χ3v) is 8.13. The number of likely N-dealkylation sites (tertiary alicyclic amines) is 1. The number of rotatable bonds is 7. The van der Waals surface area contributed by atoms with Crippen LogP contribution in [0.3, 0.4) is 0 Å². The van der Waals surface area contributed by atoms with Gasteiger partial charge in [0, 0.05) is 22.5 Å². The van der Waals surface area contributed by atoms with Crippen LogP contribution < -0.4 is 15.4 Å². The van der Waals surface area contributed by atoms with E-state index in [2.05, 4.69) is 22.5 Å². The molecule has 1 atom stereocenters. The summed E-state index contributed by atoms with van der Waals surface area (Å²) in [7, 11) is 1.52. The van der Waals surface area contributed by atoms with E-state index in [1.54, 1.807) is 30.0 Å². The van der Waals surface area contributed by atoms with Crippen LogP contribution in [-0.2, 0) is 22.5 Å². The molecule has 1 saturated heterocycles. The topological polar surface area (TPSA) is 100 Å². The zero-order valence-electron chi connectivity index (χ0n) is 21.4. The molecule has 3 heterocycles. The maximum absolute atomic E-state index is 13.6. The Morgan fingerprint density at radius 3 is 2.73 bits per heavy atom. The smallest absolute Gasteiger partial charge is 0.410 e. The molecule has 0 aliphatic carbocycles. The summed E-state index contributed by atoms with van der Waals surface area (Å²) in [5, 5.41) is 6.83. The molecule has 0 unspecified atom stereocenters. The van der Waals surface area contributed by atoms with Gasteiger partial charge in [-0.2, -0.15) is 0 Å². The van der Waals surface area contributed by atoms with Crippen LogP contribution in [0.15, 0.2) is 18.2 Å². The van der Waals surface area contributed by atoms with E-state index in [9.17, 15) is 14.4 Å². The van der Waals surface area contributed by atoms with E-state index in [4.69, 9.17) is 21.1 Å². The summed E-state index contributed by atoms with van der Waals surface area (Å²) < 4.78 is 10.5. The molecular weight excluding hydrogens is 516 g/mol. The number of benzene rings is 1. The number of ether oxygens (including phenoxy) is 2. The van der Waals surface area contributed by atoms with Crippen molar-refractivity contribution in [1.82, 2.24) is 9.80 Å². The predicted octanol–water partition coefficient (Wildman–Crippen LogP) is 4.99. The molecule has 200 valence electrons. The summed E-state index contributed by atoms with van der Waals surface area (Å²) >= 11 is 7.48. The average molecular weight is 549 g/mol. The molecule has 0 spiro atoms. The molecule has 1 aromatic carbocycles. The van der Waals surface area contributed by atoms with Gasteiger partial charge in [-0.3, -0.25) is 14.5 Å². The molecule has 3 amide bonds. The first-order valence-corrected chi connectivity index (χ1v) is 13.7. The van der Waals surface area contributed by atoms with E-state index in [1.807, 2.05) is 0 Å². The van der Waals surface area contributed by atoms with E-state index in [-0.39, 0.29) is 31.1 Å². The summed E-state index contributed by atoms with van der Waals surface area (Å²) in [5.74, 6) is -0.0618. The maximum Gasteiger partial charge on any atom is 0.410 e. The highest BCUT2D eigenvalue weighted by atomic mass is 35.5. The van der Waals surface area contributed by atoms with Gasteiger partial charge in [-0.05, 0) is 63.4 Å². The first kappa shape index (κ1) is 27.2. The molecule has 9 nitrogen and oxygen atoms in total. The van der Waals surface area contributed by atoms with Gasteiger partial charge in [0.2, 0.25) is 5.91 Å². The molecule has 2 aliphatic rings. The van der Waals surface area contributed by atoms with Crippen molar-refractivity contribution in [3.8, 4) is 5.75 Å².